The second kappa shape index (κ2) is 6.73. The molecule has 3 nitrogen and oxygen atoms in total. The van der Waals surface area contributed by atoms with Gasteiger partial charge < -0.3 is 5.32 Å². The van der Waals surface area contributed by atoms with Crippen LogP contribution < -0.4 is 5.32 Å². The van der Waals surface area contributed by atoms with Crippen molar-refractivity contribution in [2.24, 2.45) is 7.05 Å². The van der Waals surface area contributed by atoms with Crippen LogP contribution in [0.1, 0.15) is 18.2 Å². The molecule has 0 bridgehead atoms. The van der Waals surface area contributed by atoms with Crippen LogP contribution in [0.4, 0.5) is 0 Å². The SMILES string of the molecule is CCNC(Cc1ccn(C)n1)Cc1ccccc1Cl. The molecule has 0 amide bonds. The van der Waals surface area contributed by atoms with Gasteiger partial charge in [-0.25, -0.2) is 0 Å². The number of hydrogen-bond donors (Lipinski definition) is 1. The largest absolute Gasteiger partial charge is 0.314 e. The molecule has 0 fully saturated rings. The monoisotopic (exact) mass is 277 g/mol. The highest BCUT2D eigenvalue weighted by atomic mass is 35.5. The van der Waals surface area contributed by atoms with E-state index in [1.165, 1.54) is 5.56 Å². The van der Waals surface area contributed by atoms with Gasteiger partial charge in [-0.1, -0.05) is 36.7 Å². The molecule has 1 heterocycles. The number of hydrogen-bond acceptors (Lipinski definition) is 2. The van der Waals surface area contributed by atoms with Crippen molar-refractivity contribution in [3.05, 3.63) is 52.8 Å². The lowest BCUT2D eigenvalue weighted by Gasteiger charge is -2.17. The summed E-state index contributed by atoms with van der Waals surface area (Å²) in [6.45, 7) is 3.07. The Morgan fingerprint density at radius 3 is 2.68 bits per heavy atom. The number of benzene rings is 1. The first-order chi connectivity index (χ1) is 9.19. The van der Waals surface area contributed by atoms with Crippen molar-refractivity contribution in [2.45, 2.75) is 25.8 Å². The van der Waals surface area contributed by atoms with Gasteiger partial charge in [0.25, 0.3) is 0 Å². The summed E-state index contributed by atoms with van der Waals surface area (Å²) in [4.78, 5) is 0. The van der Waals surface area contributed by atoms with Gasteiger partial charge in [0.1, 0.15) is 0 Å². The molecule has 1 atom stereocenters. The van der Waals surface area contributed by atoms with Gasteiger partial charge in [0.15, 0.2) is 0 Å². The summed E-state index contributed by atoms with van der Waals surface area (Å²) < 4.78 is 1.84. The Balaban J connectivity index is 2.06. The number of rotatable bonds is 6. The van der Waals surface area contributed by atoms with E-state index in [0.29, 0.717) is 6.04 Å². The lowest BCUT2D eigenvalue weighted by molar-refractivity contribution is 0.513. The van der Waals surface area contributed by atoms with Crippen LogP contribution in [0.2, 0.25) is 5.02 Å². The first-order valence-corrected chi connectivity index (χ1v) is 7.02. The fourth-order valence-electron chi connectivity index (χ4n) is 2.26. The third-order valence-electron chi connectivity index (χ3n) is 3.14. The zero-order chi connectivity index (χ0) is 13.7. The minimum Gasteiger partial charge on any atom is -0.314 e. The lowest BCUT2D eigenvalue weighted by atomic mass is 10.0. The summed E-state index contributed by atoms with van der Waals surface area (Å²) in [5.74, 6) is 0. The van der Waals surface area contributed by atoms with Gasteiger partial charge in [0.05, 0.1) is 5.69 Å². The van der Waals surface area contributed by atoms with Crippen molar-refractivity contribution in [1.82, 2.24) is 15.1 Å². The molecule has 1 N–H and O–H groups in total. The summed E-state index contributed by atoms with van der Waals surface area (Å²) in [6, 6.07) is 10.5. The number of nitrogens with zero attached hydrogens (tertiary/aromatic N) is 2. The van der Waals surface area contributed by atoms with Crippen LogP contribution in [0, 0.1) is 0 Å². The van der Waals surface area contributed by atoms with E-state index >= 15 is 0 Å². The fourth-order valence-corrected chi connectivity index (χ4v) is 2.47. The summed E-state index contributed by atoms with van der Waals surface area (Å²) in [5.41, 5.74) is 2.30. The molecule has 0 saturated carbocycles. The molecule has 19 heavy (non-hydrogen) atoms. The van der Waals surface area contributed by atoms with Crippen LogP contribution >= 0.6 is 11.6 Å². The number of halogens is 1. The van der Waals surface area contributed by atoms with E-state index < -0.39 is 0 Å². The second-order valence-corrected chi connectivity index (χ2v) is 5.14. The molecule has 2 aromatic rings. The van der Waals surface area contributed by atoms with Crippen molar-refractivity contribution in [2.75, 3.05) is 6.54 Å². The first-order valence-electron chi connectivity index (χ1n) is 6.64. The maximum absolute atomic E-state index is 6.23. The average molecular weight is 278 g/mol. The highest BCUT2D eigenvalue weighted by Crippen LogP contribution is 2.17. The maximum atomic E-state index is 6.23. The van der Waals surface area contributed by atoms with Gasteiger partial charge in [-0.15, -0.1) is 0 Å². The summed E-state index contributed by atoms with van der Waals surface area (Å²) in [6.07, 6.45) is 3.82. The quantitative estimate of drug-likeness (QED) is 0.880. The summed E-state index contributed by atoms with van der Waals surface area (Å²) in [7, 11) is 1.94. The lowest BCUT2D eigenvalue weighted by Crippen LogP contribution is -2.33. The Morgan fingerprint density at radius 2 is 2.05 bits per heavy atom. The molecule has 0 spiro atoms. The molecule has 0 aliphatic heterocycles. The van der Waals surface area contributed by atoms with Crippen LogP contribution in [0.15, 0.2) is 36.5 Å². The highest BCUT2D eigenvalue weighted by molar-refractivity contribution is 6.31. The van der Waals surface area contributed by atoms with E-state index in [1.54, 1.807) is 0 Å². The predicted octanol–water partition coefficient (Wildman–Crippen LogP) is 2.84. The molecule has 2 rings (SSSR count). The van der Waals surface area contributed by atoms with Crippen molar-refractivity contribution in [3.8, 4) is 0 Å². The number of nitrogens with one attached hydrogen (secondary N) is 1. The molecule has 0 radical (unpaired) electrons. The van der Waals surface area contributed by atoms with E-state index in [4.69, 9.17) is 11.6 Å². The molecule has 1 unspecified atom stereocenters. The minimum atomic E-state index is 0.361. The Bertz CT molecular complexity index is 522. The topological polar surface area (TPSA) is 29.9 Å². The molecular formula is C15H20ClN3. The number of likely N-dealkylation sites (N-methyl/N-ethyl adjacent to an activating group) is 1. The van der Waals surface area contributed by atoms with Crippen LogP contribution in [-0.4, -0.2) is 22.4 Å². The zero-order valence-corrected chi connectivity index (χ0v) is 12.2. The molecule has 0 saturated heterocycles. The molecule has 4 heteroatoms. The van der Waals surface area contributed by atoms with E-state index in [-0.39, 0.29) is 0 Å². The minimum absolute atomic E-state index is 0.361. The predicted molar refractivity (Wildman–Crippen MR) is 79.5 cm³/mol. The number of aromatic nitrogens is 2. The van der Waals surface area contributed by atoms with Crippen LogP contribution in [-0.2, 0) is 19.9 Å². The molecular weight excluding hydrogens is 258 g/mol. The maximum Gasteiger partial charge on any atom is 0.0640 e. The van der Waals surface area contributed by atoms with Crippen molar-refractivity contribution in [1.29, 1.82) is 0 Å². The first kappa shape index (κ1) is 14.1. The van der Waals surface area contributed by atoms with Gasteiger partial charge >= 0.3 is 0 Å². The molecule has 0 aliphatic rings. The Labute approximate surface area is 119 Å². The third kappa shape index (κ3) is 4.08. The second-order valence-electron chi connectivity index (χ2n) is 4.74. The zero-order valence-electron chi connectivity index (χ0n) is 11.4. The average Bonchev–Trinajstić information content (AvgIpc) is 2.78. The fraction of sp³-hybridized carbons (Fsp3) is 0.400. The summed E-state index contributed by atoms with van der Waals surface area (Å²) >= 11 is 6.23. The number of aryl methyl sites for hydroxylation is 1. The molecule has 0 aliphatic carbocycles. The Hall–Kier alpha value is -1.32. The van der Waals surface area contributed by atoms with Crippen molar-refractivity contribution in [3.63, 3.8) is 0 Å². The Morgan fingerprint density at radius 1 is 1.26 bits per heavy atom. The van der Waals surface area contributed by atoms with Crippen LogP contribution in [0.3, 0.4) is 0 Å². The van der Waals surface area contributed by atoms with E-state index in [2.05, 4.69) is 29.5 Å². The smallest absolute Gasteiger partial charge is 0.0640 e. The standard InChI is InChI=1S/C15H20ClN3/c1-3-17-14(11-13-8-9-19(2)18-13)10-12-6-4-5-7-15(12)16/h4-9,14,17H,3,10-11H2,1-2H3. The van der Waals surface area contributed by atoms with E-state index in [0.717, 1.165) is 30.1 Å². The van der Waals surface area contributed by atoms with E-state index in [9.17, 15) is 0 Å². The van der Waals surface area contributed by atoms with Gasteiger partial charge in [0, 0.05) is 30.7 Å². The van der Waals surface area contributed by atoms with Crippen LogP contribution in [0.25, 0.3) is 0 Å². The molecule has 102 valence electrons. The van der Waals surface area contributed by atoms with Gasteiger partial charge in [0.2, 0.25) is 0 Å². The van der Waals surface area contributed by atoms with E-state index in [1.807, 2.05) is 36.1 Å². The van der Waals surface area contributed by atoms with Gasteiger partial charge in [-0.05, 0) is 30.7 Å². The normalized spacial score (nSPS) is 12.6. The highest BCUT2D eigenvalue weighted by Gasteiger charge is 2.12. The van der Waals surface area contributed by atoms with Crippen molar-refractivity contribution >= 4 is 11.6 Å². The molecule has 1 aromatic heterocycles. The van der Waals surface area contributed by atoms with Gasteiger partial charge in [-0.3, -0.25) is 4.68 Å². The van der Waals surface area contributed by atoms with Gasteiger partial charge in [-0.2, -0.15) is 5.10 Å². The van der Waals surface area contributed by atoms with Crippen molar-refractivity contribution < 1.29 is 0 Å². The summed E-state index contributed by atoms with van der Waals surface area (Å²) in [5, 5.41) is 8.79. The van der Waals surface area contributed by atoms with Crippen LogP contribution in [0.5, 0.6) is 0 Å². The third-order valence-corrected chi connectivity index (χ3v) is 3.51. The Kier molecular flexibility index (Phi) is 5.00. The molecule has 1 aromatic carbocycles.